The van der Waals surface area contributed by atoms with Gasteiger partial charge in [-0.15, -0.1) is 0 Å². The Morgan fingerprint density at radius 2 is 2.00 bits per heavy atom. The Hall–Kier alpha value is -3.01. The lowest BCUT2D eigenvalue weighted by Crippen LogP contribution is -2.40. The molecule has 9 nitrogen and oxygen atoms in total. The van der Waals surface area contributed by atoms with E-state index >= 15 is 0 Å². The average Bonchev–Trinajstić information content (AvgIpc) is 3.32. The van der Waals surface area contributed by atoms with Gasteiger partial charge in [0.05, 0.1) is 35.5 Å². The van der Waals surface area contributed by atoms with Gasteiger partial charge >= 0.3 is 5.69 Å². The molecule has 1 fully saturated rings. The molecule has 1 amide bonds. The number of aromatic nitrogens is 4. The van der Waals surface area contributed by atoms with Crippen LogP contribution >= 0.6 is 0 Å². The van der Waals surface area contributed by atoms with E-state index in [-0.39, 0.29) is 30.0 Å². The molecular weight excluding hydrogens is 406 g/mol. The molecule has 2 aliphatic rings. The number of carbonyl (C=O) groups is 1. The molecule has 0 saturated carbocycles. The number of anilines is 1. The molecular formula is C20H21N5O4S. The number of nitrogens with zero attached hydrogens (tertiary/aromatic N) is 5. The monoisotopic (exact) mass is 427 g/mol. The highest BCUT2D eigenvalue weighted by Gasteiger charge is 2.31. The number of rotatable bonds is 3. The SMILES string of the molecule is O=C(Cn1c(=O)ncc2c1cnn2C1CCS(=O)(=O)C1)N1CCCc2ccccc21. The van der Waals surface area contributed by atoms with Crippen molar-refractivity contribution in [2.75, 3.05) is 23.0 Å². The van der Waals surface area contributed by atoms with E-state index in [2.05, 4.69) is 10.1 Å². The number of amides is 1. The molecule has 1 unspecified atom stereocenters. The van der Waals surface area contributed by atoms with Crippen molar-refractivity contribution < 1.29 is 13.2 Å². The summed E-state index contributed by atoms with van der Waals surface area (Å²) in [4.78, 5) is 31.2. The summed E-state index contributed by atoms with van der Waals surface area (Å²) in [5, 5.41) is 4.33. The molecule has 0 radical (unpaired) electrons. The molecule has 0 N–H and O–H groups in total. The number of fused-ring (bicyclic) bond motifs is 2. The summed E-state index contributed by atoms with van der Waals surface area (Å²) >= 11 is 0. The number of aryl methyl sites for hydroxylation is 1. The number of sulfone groups is 1. The lowest BCUT2D eigenvalue weighted by atomic mass is 10.0. The quantitative estimate of drug-likeness (QED) is 0.616. The highest BCUT2D eigenvalue weighted by atomic mass is 32.2. The van der Waals surface area contributed by atoms with Crippen LogP contribution < -0.4 is 10.6 Å². The molecule has 0 aliphatic carbocycles. The zero-order valence-corrected chi connectivity index (χ0v) is 17.1. The van der Waals surface area contributed by atoms with Gasteiger partial charge in [0.2, 0.25) is 5.91 Å². The number of benzene rings is 1. The van der Waals surface area contributed by atoms with Crippen LogP contribution in [0.15, 0.2) is 41.5 Å². The van der Waals surface area contributed by atoms with Crippen molar-refractivity contribution in [2.45, 2.75) is 31.8 Å². The van der Waals surface area contributed by atoms with E-state index < -0.39 is 15.5 Å². The zero-order chi connectivity index (χ0) is 20.9. The van der Waals surface area contributed by atoms with Crippen molar-refractivity contribution in [1.82, 2.24) is 19.3 Å². The van der Waals surface area contributed by atoms with Gasteiger partial charge in [-0.3, -0.25) is 14.0 Å². The highest BCUT2D eigenvalue weighted by Crippen LogP contribution is 2.28. The Morgan fingerprint density at radius 1 is 1.17 bits per heavy atom. The van der Waals surface area contributed by atoms with Gasteiger partial charge in [0.1, 0.15) is 12.1 Å². The molecule has 10 heteroatoms. The minimum atomic E-state index is -3.08. The maximum Gasteiger partial charge on any atom is 0.348 e. The van der Waals surface area contributed by atoms with Crippen LogP contribution in [0.25, 0.3) is 11.0 Å². The summed E-state index contributed by atoms with van der Waals surface area (Å²) < 4.78 is 26.6. The zero-order valence-electron chi connectivity index (χ0n) is 16.3. The molecule has 2 aromatic heterocycles. The first-order valence-corrected chi connectivity index (χ1v) is 11.8. The second kappa shape index (κ2) is 7.05. The first-order chi connectivity index (χ1) is 14.4. The Balaban J connectivity index is 1.49. The Bertz CT molecular complexity index is 1310. The van der Waals surface area contributed by atoms with Crippen LogP contribution in [0.2, 0.25) is 0 Å². The summed E-state index contributed by atoms with van der Waals surface area (Å²) in [5.41, 5.74) is 2.52. The fourth-order valence-corrected chi connectivity index (χ4v) is 6.10. The highest BCUT2D eigenvalue weighted by molar-refractivity contribution is 7.91. The summed E-state index contributed by atoms with van der Waals surface area (Å²) in [7, 11) is -3.08. The van der Waals surface area contributed by atoms with Gasteiger partial charge in [-0.05, 0) is 30.9 Å². The number of carbonyl (C=O) groups excluding carboxylic acids is 1. The second-order valence-corrected chi connectivity index (χ2v) is 10.0. The van der Waals surface area contributed by atoms with Crippen molar-refractivity contribution >= 4 is 32.5 Å². The van der Waals surface area contributed by atoms with E-state index in [0.717, 1.165) is 24.1 Å². The van der Waals surface area contributed by atoms with E-state index in [4.69, 9.17) is 0 Å². The van der Waals surface area contributed by atoms with Crippen molar-refractivity contribution in [2.24, 2.45) is 0 Å². The molecule has 3 aromatic rings. The molecule has 0 bridgehead atoms. The van der Waals surface area contributed by atoms with Crippen LogP contribution in [0.5, 0.6) is 0 Å². The van der Waals surface area contributed by atoms with Gasteiger partial charge < -0.3 is 4.90 Å². The fourth-order valence-electron chi connectivity index (χ4n) is 4.41. The predicted molar refractivity (Wildman–Crippen MR) is 111 cm³/mol. The first kappa shape index (κ1) is 19.0. The molecule has 2 aliphatic heterocycles. The number of hydrogen-bond donors (Lipinski definition) is 0. The van der Waals surface area contributed by atoms with Crippen LogP contribution in [0.4, 0.5) is 5.69 Å². The third kappa shape index (κ3) is 3.20. The Labute approximate surface area is 172 Å². The summed E-state index contributed by atoms with van der Waals surface area (Å²) in [6.07, 6.45) is 5.19. The maximum atomic E-state index is 13.1. The molecule has 30 heavy (non-hydrogen) atoms. The smallest absolute Gasteiger partial charge is 0.311 e. The maximum absolute atomic E-state index is 13.1. The van der Waals surface area contributed by atoms with Crippen LogP contribution in [0.1, 0.15) is 24.4 Å². The van der Waals surface area contributed by atoms with Gasteiger partial charge in [-0.1, -0.05) is 18.2 Å². The summed E-state index contributed by atoms with van der Waals surface area (Å²) in [6.45, 7) is 0.458. The third-order valence-electron chi connectivity index (χ3n) is 5.89. The van der Waals surface area contributed by atoms with Gasteiger partial charge in [-0.25, -0.2) is 13.2 Å². The van der Waals surface area contributed by atoms with Crippen molar-refractivity contribution in [3.8, 4) is 0 Å². The van der Waals surface area contributed by atoms with E-state index in [9.17, 15) is 18.0 Å². The summed E-state index contributed by atoms with van der Waals surface area (Å²) in [5.74, 6) is -0.0412. The van der Waals surface area contributed by atoms with Crippen molar-refractivity contribution in [3.63, 3.8) is 0 Å². The van der Waals surface area contributed by atoms with Crippen molar-refractivity contribution in [3.05, 3.63) is 52.7 Å². The van der Waals surface area contributed by atoms with E-state index in [1.807, 2.05) is 24.3 Å². The predicted octanol–water partition coefficient (Wildman–Crippen LogP) is 0.932. The molecule has 5 rings (SSSR count). The first-order valence-electron chi connectivity index (χ1n) is 9.95. The second-order valence-electron chi connectivity index (χ2n) is 7.82. The van der Waals surface area contributed by atoms with Gasteiger partial charge in [-0.2, -0.15) is 10.1 Å². The third-order valence-corrected chi connectivity index (χ3v) is 7.64. The minimum Gasteiger partial charge on any atom is -0.311 e. The standard InChI is InChI=1S/C20H21N5O4S/c26-19(23-8-3-5-14-4-1-2-6-16(14)23)12-24-17-11-22-25(18(17)10-21-20(24)27)15-7-9-30(28,29)13-15/h1-2,4,6,10-11,15H,3,5,7-9,12-13H2. The van der Waals surface area contributed by atoms with Crippen LogP contribution in [-0.2, 0) is 27.6 Å². The molecule has 1 aromatic carbocycles. The van der Waals surface area contributed by atoms with Crippen LogP contribution in [0, 0.1) is 0 Å². The summed E-state index contributed by atoms with van der Waals surface area (Å²) in [6, 6.07) is 7.51. The average molecular weight is 427 g/mol. The molecule has 156 valence electrons. The van der Waals surface area contributed by atoms with E-state index in [0.29, 0.717) is 24.0 Å². The number of hydrogen-bond acceptors (Lipinski definition) is 6. The van der Waals surface area contributed by atoms with E-state index in [1.165, 1.54) is 17.0 Å². The molecule has 1 saturated heterocycles. The molecule has 4 heterocycles. The largest absolute Gasteiger partial charge is 0.348 e. The van der Waals surface area contributed by atoms with Gasteiger partial charge in [0, 0.05) is 12.2 Å². The van der Waals surface area contributed by atoms with Gasteiger partial charge in [0.15, 0.2) is 9.84 Å². The topological polar surface area (TPSA) is 107 Å². The van der Waals surface area contributed by atoms with Crippen molar-refractivity contribution in [1.29, 1.82) is 0 Å². The lowest BCUT2D eigenvalue weighted by Gasteiger charge is -2.29. The van der Waals surface area contributed by atoms with Gasteiger partial charge in [0.25, 0.3) is 0 Å². The molecule has 0 spiro atoms. The van der Waals surface area contributed by atoms with Crippen LogP contribution in [-0.4, -0.2) is 51.7 Å². The molecule has 1 atom stereocenters. The Kier molecular flexibility index (Phi) is 4.46. The lowest BCUT2D eigenvalue weighted by molar-refractivity contribution is -0.119. The fraction of sp³-hybridized carbons (Fsp3) is 0.400. The normalized spacial score (nSPS) is 20.4. The van der Waals surface area contributed by atoms with E-state index in [1.54, 1.807) is 9.58 Å². The Morgan fingerprint density at radius 3 is 2.80 bits per heavy atom. The number of para-hydroxylation sites is 1. The van der Waals surface area contributed by atoms with Crippen LogP contribution in [0.3, 0.4) is 0 Å². The minimum absolute atomic E-state index is 0.0202.